The van der Waals surface area contributed by atoms with Gasteiger partial charge in [-0.05, 0) is 55.9 Å². The second kappa shape index (κ2) is 9.21. The molecular weight excluding hydrogens is 408 g/mol. The predicted molar refractivity (Wildman–Crippen MR) is 123 cm³/mol. The van der Waals surface area contributed by atoms with Gasteiger partial charge in [-0.3, -0.25) is 14.7 Å². The zero-order chi connectivity index (χ0) is 21.0. The SMILES string of the molecule is O=C(CN1CCC(N2CCC2)CC1)Nc1cc(-c2ccccn2)nc(-c2cccs2)n1. The van der Waals surface area contributed by atoms with E-state index < -0.39 is 0 Å². The maximum absolute atomic E-state index is 12.8. The molecule has 2 aliphatic rings. The minimum absolute atomic E-state index is 0.0369. The van der Waals surface area contributed by atoms with Crippen molar-refractivity contribution in [1.82, 2.24) is 24.8 Å². The number of aromatic nitrogens is 3. The van der Waals surface area contributed by atoms with Crippen LogP contribution in [-0.2, 0) is 4.79 Å². The highest BCUT2D eigenvalue weighted by molar-refractivity contribution is 7.13. The Morgan fingerprint density at radius 3 is 2.61 bits per heavy atom. The number of nitrogens with one attached hydrogen (secondary N) is 1. The first kappa shape index (κ1) is 20.2. The summed E-state index contributed by atoms with van der Waals surface area (Å²) in [5.74, 6) is 1.08. The summed E-state index contributed by atoms with van der Waals surface area (Å²) >= 11 is 1.57. The molecule has 0 bridgehead atoms. The zero-order valence-electron chi connectivity index (χ0n) is 17.4. The van der Waals surface area contributed by atoms with Gasteiger partial charge in [0, 0.05) is 31.4 Å². The zero-order valence-corrected chi connectivity index (χ0v) is 18.2. The van der Waals surface area contributed by atoms with Gasteiger partial charge in [0.1, 0.15) is 5.82 Å². The van der Waals surface area contributed by atoms with Crippen LogP contribution >= 0.6 is 11.3 Å². The molecule has 1 N–H and O–H groups in total. The van der Waals surface area contributed by atoms with Gasteiger partial charge in [-0.1, -0.05) is 12.1 Å². The number of anilines is 1. The highest BCUT2D eigenvalue weighted by atomic mass is 32.1. The number of amides is 1. The topological polar surface area (TPSA) is 74.2 Å². The van der Waals surface area contributed by atoms with Gasteiger partial charge in [0.15, 0.2) is 5.82 Å². The van der Waals surface area contributed by atoms with Gasteiger partial charge in [-0.2, -0.15) is 0 Å². The lowest BCUT2D eigenvalue weighted by Crippen LogP contribution is -2.51. The number of carbonyl (C=O) groups excluding carboxylic acids is 1. The Morgan fingerprint density at radius 2 is 1.94 bits per heavy atom. The average Bonchev–Trinajstić information content (AvgIpc) is 3.29. The highest BCUT2D eigenvalue weighted by Crippen LogP contribution is 2.26. The molecule has 0 spiro atoms. The van der Waals surface area contributed by atoms with E-state index in [0.717, 1.165) is 36.5 Å². The molecule has 31 heavy (non-hydrogen) atoms. The largest absolute Gasteiger partial charge is 0.309 e. The molecule has 160 valence electrons. The van der Waals surface area contributed by atoms with E-state index in [1.165, 1.54) is 19.5 Å². The fourth-order valence-corrected chi connectivity index (χ4v) is 4.86. The molecule has 0 saturated carbocycles. The Morgan fingerprint density at radius 1 is 1.06 bits per heavy atom. The molecule has 0 aromatic carbocycles. The summed E-state index contributed by atoms with van der Waals surface area (Å²) in [6.45, 7) is 4.81. The van der Waals surface area contributed by atoms with E-state index in [1.54, 1.807) is 23.6 Å². The van der Waals surface area contributed by atoms with E-state index in [2.05, 4.69) is 30.1 Å². The number of carbonyl (C=O) groups is 1. The Kier molecular flexibility index (Phi) is 6.01. The lowest BCUT2D eigenvalue weighted by molar-refractivity contribution is -0.117. The van der Waals surface area contributed by atoms with E-state index in [-0.39, 0.29) is 5.91 Å². The fourth-order valence-electron chi connectivity index (χ4n) is 4.21. The molecule has 0 atom stereocenters. The van der Waals surface area contributed by atoms with Crippen LogP contribution in [0.2, 0.25) is 0 Å². The van der Waals surface area contributed by atoms with Gasteiger partial charge in [-0.25, -0.2) is 9.97 Å². The Bertz CT molecular complexity index is 1010. The summed E-state index contributed by atoms with van der Waals surface area (Å²) in [7, 11) is 0. The first-order valence-electron chi connectivity index (χ1n) is 10.9. The number of hydrogen-bond donors (Lipinski definition) is 1. The normalized spacial score (nSPS) is 17.9. The molecule has 3 aromatic rings. The third-order valence-corrected chi connectivity index (χ3v) is 6.86. The van der Waals surface area contributed by atoms with Gasteiger partial charge in [0.05, 0.1) is 22.8 Å². The lowest BCUT2D eigenvalue weighted by atomic mass is 10.00. The molecule has 5 heterocycles. The third kappa shape index (κ3) is 4.81. The number of piperidine rings is 1. The van der Waals surface area contributed by atoms with Gasteiger partial charge in [0.2, 0.25) is 5.91 Å². The van der Waals surface area contributed by atoms with E-state index in [9.17, 15) is 4.79 Å². The molecule has 5 rings (SSSR count). The van der Waals surface area contributed by atoms with Crippen LogP contribution < -0.4 is 5.32 Å². The number of nitrogens with zero attached hydrogens (tertiary/aromatic N) is 5. The number of rotatable bonds is 6. The summed E-state index contributed by atoms with van der Waals surface area (Å²) < 4.78 is 0. The monoisotopic (exact) mass is 434 g/mol. The van der Waals surface area contributed by atoms with Crippen molar-refractivity contribution < 1.29 is 4.79 Å². The molecule has 2 saturated heterocycles. The van der Waals surface area contributed by atoms with Crippen molar-refractivity contribution in [3.63, 3.8) is 0 Å². The number of thiophene rings is 1. The van der Waals surface area contributed by atoms with Crippen LogP contribution in [-0.4, -0.2) is 69.4 Å². The van der Waals surface area contributed by atoms with Crippen LogP contribution in [0.1, 0.15) is 19.3 Å². The molecular formula is C23H26N6OS. The van der Waals surface area contributed by atoms with Gasteiger partial charge >= 0.3 is 0 Å². The van der Waals surface area contributed by atoms with Crippen LogP contribution in [0.25, 0.3) is 22.1 Å². The molecule has 3 aromatic heterocycles. The summed E-state index contributed by atoms with van der Waals surface area (Å²) in [5.41, 5.74) is 1.45. The van der Waals surface area contributed by atoms with Gasteiger partial charge < -0.3 is 10.2 Å². The summed E-state index contributed by atoms with van der Waals surface area (Å²) in [6.07, 6.45) is 5.36. The second-order valence-electron chi connectivity index (χ2n) is 8.10. The summed E-state index contributed by atoms with van der Waals surface area (Å²) in [5, 5.41) is 4.99. The standard InChI is InChI=1S/C23H26N6OS/c30-22(16-28-12-7-17(8-13-28)29-10-4-11-29)26-21-15-19(18-5-1-2-9-24-18)25-23(27-21)20-6-3-14-31-20/h1-3,5-6,9,14-15,17H,4,7-8,10-13,16H2,(H,25,26,27,30). The minimum atomic E-state index is -0.0369. The van der Waals surface area contributed by atoms with E-state index >= 15 is 0 Å². The van der Waals surface area contributed by atoms with Crippen LogP contribution in [0.15, 0.2) is 48.0 Å². The molecule has 2 aliphatic heterocycles. The summed E-state index contributed by atoms with van der Waals surface area (Å²) in [6, 6.07) is 12.2. The second-order valence-corrected chi connectivity index (χ2v) is 9.05. The van der Waals surface area contributed by atoms with Gasteiger partial charge in [0.25, 0.3) is 0 Å². The number of pyridine rings is 1. The van der Waals surface area contributed by atoms with Crippen molar-refractivity contribution >= 4 is 23.1 Å². The Hall–Kier alpha value is -2.68. The highest BCUT2D eigenvalue weighted by Gasteiger charge is 2.28. The van der Waals surface area contributed by atoms with Crippen LogP contribution in [0.5, 0.6) is 0 Å². The average molecular weight is 435 g/mol. The van der Waals surface area contributed by atoms with E-state index in [0.29, 0.717) is 29.9 Å². The van der Waals surface area contributed by atoms with Crippen LogP contribution in [0, 0.1) is 0 Å². The molecule has 0 radical (unpaired) electrons. The van der Waals surface area contributed by atoms with E-state index in [4.69, 9.17) is 0 Å². The minimum Gasteiger partial charge on any atom is -0.309 e. The van der Waals surface area contributed by atoms with Crippen LogP contribution in [0.4, 0.5) is 5.82 Å². The van der Waals surface area contributed by atoms with Crippen molar-refractivity contribution in [3.05, 3.63) is 48.0 Å². The lowest BCUT2D eigenvalue weighted by Gasteiger charge is -2.42. The molecule has 8 heteroatoms. The van der Waals surface area contributed by atoms with Crippen molar-refractivity contribution in [3.8, 4) is 22.1 Å². The maximum atomic E-state index is 12.8. The van der Waals surface area contributed by atoms with Crippen molar-refractivity contribution in [1.29, 1.82) is 0 Å². The molecule has 7 nitrogen and oxygen atoms in total. The van der Waals surface area contributed by atoms with E-state index in [1.807, 2.05) is 35.7 Å². The van der Waals surface area contributed by atoms with Crippen molar-refractivity contribution in [2.24, 2.45) is 0 Å². The first-order valence-corrected chi connectivity index (χ1v) is 11.7. The smallest absolute Gasteiger partial charge is 0.239 e. The number of hydrogen-bond acceptors (Lipinski definition) is 7. The van der Waals surface area contributed by atoms with Gasteiger partial charge in [-0.15, -0.1) is 11.3 Å². The Balaban J connectivity index is 1.28. The molecule has 2 fully saturated rings. The molecule has 1 amide bonds. The maximum Gasteiger partial charge on any atom is 0.239 e. The fraction of sp³-hybridized carbons (Fsp3) is 0.391. The third-order valence-electron chi connectivity index (χ3n) is 5.99. The Labute approximate surface area is 186 Å². The summed E-state index contributed by atoms with van der Waals surface area (Å²) in [4.78, 5) is 32.2. The quantitative estimate of drug-likeness (QED) is 0.641. The number of likely N-dealkylation sites (tertiary alicyclic amines) is 2. The molecule has 0 aliphatic carbocycles. The van der Waals surface area contributed by atoms with Crippen molar-refractivity contribution in [2.75, 3.05) is 38.0 Å². The first-order chi connectivity index (χ1) is 15.2. The van der Waals surface area contributed by atoms with Crippen molar-refractivity contribution in [2.45, 2.75) is 25.3 Å². The predicted octanol–water partition coefficient (Wildman–Crippen LogP) is 3.38. The molecule has 0 unspecified atom stereocenters. The van der Waals surface area contributed by atoms with Crippen LogP contribution in [0.3, 0.4) is 0 Å².